The summed E-state index contributed by atoms with van der Waals surface area (Å²) in [5.41, 5.74) is 5.56. The van der Waals surface area contributed by atoms with E-state index in [1.807, 2.05) is 16.6 Å². The van der Waals surface area contributed by atoms with Gasteiger partial charge in [0, 0.05) is 37.4 Å². The largest absolute Gasteiger partial charge is 0.337 e. The minimum Gasteiger partial charge on any atom is -0.337 e. The van der Waals surface area contributed by atoms with Crippen molar-refractivity contribution in [3.8, 4) is 0 Å². The first-order valence-electron chi connectivity index (χ1n) is 11.4. The van der Waals surface area contributed by atoms with E-state index in [0.717, 1.165) is 50.8 Å². The van der Waals surface area contributed by atoms with Crippen molar-refractivity contribution in [3.63, 3.8) is 0 Å². The topological polar surface area (TPSA) is 50.2 Å². The molecule has 0 saturated carbocycles. The summed E-state index contributed by atoms with van der Waals surface area (Å²) in [4.78, 5) is 15.1. The van der Waals surface area contributed by atoms with Crippen LogP contribution in [0.4, 0.5) is 0 Å². The molecule has 1 amide bonds. The second-order valence-corrected chi connectivity index (χ2v) is 8.76. The summed E-state index contributed by atoms with van der Waals surface area (Å²) < 4.78 is 1.93. The van der Waals surface area contributed by atoms with Gasteiger partial charge in [0.05, 0.1) is 6.04 Å². The number of hydrogen-bond acceptors (Lipinski definition) is 3. The van der Waals surface area contributed by atoms with Crippen molar-refractivity contribution < 1.29 is 4.79 Å². The van der Waals surface area contributed by atoms with Gasteiger partial charge in [0.15, 0.2) is 5.69 Å². The molecule has 1 aliphatic carbocycles. The Labute approximate surface area is 184 Å². The first-order chi connectivity index (χ1) is 15.2. The summed E-state index contributed by atoms with van der Waals surface area (Å²) >= 11 is 0. The standard InChI is InChI=1S/C26H30N4O/c1-29-23-15-14-21(18-22(23)25(28-29)26(31)30-16-8-9-17-30)27-24(19-10-4-2-5-11-19)20-12-6-3-7-13-20/h2-7,10-13,21,24,27H,8-9,14-18H2,1H3. The minimum absolute atomic E-state index is 0.109. The van der Waals surface area contributed by atoms with Crippen LogP contribution in [-0.4, -0.2) is 39.7 Å². The minimum atomic E-state index is 0.109. The van der Waals surface area contributed by atoms with Crippen LogP contribution in [0.25, 0.3) is 0 Å². The van der Waals surface area contributed by atoms with Gasteiger partial charge in [0.2, 0.25) is 0 Å². The van der Waals surface area contributed by atoms with Gasteiger partial charge < -0.3 is 10.2 Å². The van der Waals surface area contributed by atoms with E-state index in [0.29, 0.717) is 11.7 Å². The Hall–Kier alpha value is -2.92. The molecule has 1 aliphatic heterocycles. The molecule has 2 heterocycles. The Morgan fingerprint density at radius 1 is 1.00 bits per heavy atom. The van der Waals surface area contributed by atoms with Crippen molar-refractivity contribution in [1.29, 1.82) is 0 Å². The van der Waals surface area contributed by atoms with E-state index >= 15 is 0 Å². The van der Waals surface area contributed by atoms with Crippen LogP contribution in [-0.2, 0) is 19.9 Å². The molecule has 0 spiro atoms. The summed E-state index contributed by atoms with van der Waals surface area (Å²) in [5, 5.41) is 8.58. The zero-order valence-corrected chi connectivity index (χ0v) is 18.1. The lowest BCUT2D eigenvalue weighted by molar-refractivity contribution is 0.0785. The number of hydrogen-bond donors (Lipinski definition) is 1. The quantitative estimate of drug-likeness (QED) is 0.689. The molecule has 1 aromatic heterocycles. The fraction of sp³-hybridized carbons (Fsp3) is 0.385. The van der Waals surface area contributed by atoms with Crippen molar-refractivity contribution in [1.82, 2.24) is 20.0 Å². The summed E-state index contributed by atoms with van der Waals surface area (Å²) in [6, 6.07) is 21.7. The lowest BCUT2D eigenvalue weighted by Crippen LogP contribution is -2.38. The third kappa shape index (κ3) is 4.02. The maximum Gasteiger partial charge on any atom is 0.274 e. The molecule has 1 N–H and O–H groups in total. The second-order valence-electron chi connectivity index (χ2n) is 8.76. The molecule has 31 heavy (non-hydrogen) atoms. The third-order valence-corrected chi connectivity index (χ3v) is 6.72. The number of amides is 1. The van der Waals surface area contributed by atoms with E-state index in [-0.39, 0.29) is 11.9 Å². The molecule has 160 valence electrons. The van der Waals surface area contributed by atoms with E-state index in [2.05, 4.69) is 71.1 Å². The molecule has 1 saturated heterocycles. The summed E-state index contributed by atoms with van der Waals surface area (Å²) in [6.45, 7) is 1.71. The first kappa shape index (κ1) is 20.0. The Kier molecular flexibility index (Phi) is 5.60. The molecule has 3 aromatic rings. The van der Waals surface area contributed by atoms with Crippen molar-refractivity contribution in [3.05, 3.63) is 88.7 Å². The Balaban J connectivity index is 1.41. The van der Waals surface area contributed by atoms with E-state index < -0.39 is 0 Å². The number of aromatic nitrogens is 2. The highest BCUT2D eigenvalue weighted by Gasteiger charge is 2.32. The highest BCUT2D eigenvalue weighted by molar-refractivity contribution is 5.94. The zero-order valence-electron chi connectivity index (χ0n) is 18.1. The molecule has 2 aliphatic rings. The summed E-state index contributed by atoms with van der Waals surface area (Å²) in [5.74, 6) is 0.109. The van der Waals surface area contributed by atoms with Crippen LogP contribution in [0.2, 0.25) is 0 Å². The maximum atomic E-state index is 13.1. The smallest absolute Gasteiger partial charge is 0.274 e. The summed E-state index contributed by atoms with van der Waals surface area (Å²) in [6.07, 6.45) is 5.02. The molecular formula is C26H30N4O. The molecule has 5 rings (SSSR count). The fourth-order valence-corrected chi connectivity index (χ4v) is 5.08. The Bertz CT molecular complexity index is 999. The molecule has 1 atom stereocenters. The maximum absolute atomic E-state index is 13.1. The Morgan fingerprint density at radius 3 is 2.23 bits per heavy atom. The second kappa shape index (κ2) is 8.67. The van der Waals surface area contributed by atoms with Crippen LogP contribution in [0.15, 0.2) is 60.7 Å². The number of likely N-dealkylation sites (tertiary alicyclic amines) is 1. The molecule has 0 bridgehead atoms. The number of aryl methyl sites for hydroxylation is 1. The van der Waals surface area contributed by atoms with Crippen molar-refractivity contribution >= 4 is 5.91 Å². The molecule has 1 fully saturated rings. The predicted octanol–water partition coefficient (Wildman–Crippen LogP) is 3.89. The van der Waals surface area contributed by atoms with Crippen molar-refractivity contribution in [2.45, 2.75) is 44.2 Å². The van der Waals surface area contributed by atoms with Crippen LogP contribution in [0, 0.1) is 0 Å². The number of carbonyl (C=O) groups is 1. The number of rotatable bonds is 5. The monoisotopic (exact) mass is 414 g/mol. The van der Waals surface area contributed by atoms with Gasteiger partial charge in [-0.2, -0.15) is 5.10 Å². The number of nitrogens with one attached hydrogen (secondary N) is 1. The molecule has 0 radical (unpaired) electrons. The van der Waals surface area contributed by atoms with Gasteiger partial charge in [-0.1, -0.05) is 60.7 Å². The lowest BCUT2D eigenvalue weighted by Gasteiger charge is -2.30. The van der Waals surface area contributed by atoms with Crippen LogP contribution < -0.4 is 5.32 Å². The van der Waals surface area contributed by atoms with Gasteiger partial charge in [-0.3, -0.25) is 9.48 Å². The fourth-order valence-electron chi connectivity index (χ4n) is 5.08. The van der Waals surface area contributed by atoms with Crippen LogP contribution in [0.1, 0.15) is 58.2 Å². The molecule has 5 nitrogen and oxygen atoms in total. The number of fused-ring (bicyclic) bond motifs is 1. The number of benzene rings is 2. The van der Waals surface area contributed by atoms with E-state index in [1.54, 1.807) is 0 Å². The SMILES string of the molecule is Cn1nc(C(=O)N2CCCC2)c2c1CCC(NC(c1ccccc1)c1ccccc1)C2. The van der Waals surface area contributed by atoms with Gasteiger partial charge in [0.1, 0.15) is 0 Å². The number of carbonyl (C=O) groups excluding carboxylic acids is 1. The van der Waals surface area contributed by atoms with Crippen LogP contribution in [0.3, 0.4) is 0 Å². The first-order valence-corrected chi connectivity index (χ1v) is 11.4. The lowest BCUT2D eigenvalue weighted by atomic mass is 9.89. The Morgan fingerprint density at radius 2 is 1.61 bits per heavy atom. The number of nitrogens with zero attached hydrogens (tertiary/aromatic N) is 3. The van der Waals surface area contributed by atoms with E-state index in [4.69, 9.17) is 0 Å². The van der Waals surface area contributed by atoms with Crippen molar-refractivity contribution in [2.75, 3.05) is 13.1 Å². The van der Waals surface area contributed by atoms with Gasteiger partial charge in [0.25, 0.3) is 5.91 Å². The van der Waals surface area contributed by atoms with Crippen LogP contribution in [0.5, 0.6) is 0 Å². The van der Waals surface area contributed by atoms with Gasteiger partial charge in [-0.25, -0.2) is 0 Å². The molecule has 2 aromatic carbocycles. The molecule has 5 heteroatoms. The van der Waals surface area contributed by atoms with Crippen molar-refractivity contribution in [2.24, 2.45) is 7.05 Å². The van der Waals surface area contributed by atoms with E-state index in [9.17, 15) is 4.79 Å². The summed E-state index contributed by atoms with van der Waals surface area (Å²) in [7, 11) is 1.98. The van der Waals surface area contributed by atoms with Gasteiger partial charge >= 0.3 is 0 Å². The average molecular weight is 415 g/mol. The highest BCUT2D eigenvalue weighted by atomic mass is 16.2. The highest BCUT2D eigenvalue weighted by Crippen LogP contribution is 2.29. The normalized spacial score (nSPS) is 18.4. The van der Waals surface area contributed by atoms with E-state index in [1.165, 1.54) is 16.8 Å². The average Bonchev–Trinajstić information content (AvgIpc) is 3.47. The van der Waals surface area contributed by atoms with Crippen LogP contribution >= 0.6 is 0 Å². The molecule has 1 unspecified atom stereocenters. The van der Waals surface area contributed by atoms with Gasteiger partial charge in [-0.05, 0) is 43.2 Å². The van der Waals surface area contributed by atoms with Gasteiger partial charge in [-0.15, -0.1) is 0 Å². The third-order valence-electron chi connectivity index (χ3n) is 6.72. The molecular weight excluding hydrogens is 384 g/mol. The zero-order chi connectivity index (χ0) is 21.2. The predicted molar refractivity (Wildman–Crippen MR) is 122 cm³/mol.